The lowest BCUT2D eigenvalue weighted by Gasteiger charge is -2.34. The molecular weight excluding hydrogens is 300 g/mol. The third-order valence-electron chi connectivity index (χ3n) is 3.06. The maximum atomic E-state index is 11.9. The highest BCUT2D eigenvalue weighted by Gasteiger charge is 2.26. The Labute approximate surface area is 123 Å². The van der Waals surface area contributed by atoms with Gasteiger partial charge in [0, 0.05) is 20.0 Å². The Morgan fingerprint density at radius 2 is 2.15 bits per heavy atom. The number of nitrogens with zero attached hydrogens (tertiary/aromatic N) is 1. The number of hydrogen-bond acceptors (Lipinski definition) is 5. The highest BCUT2D eigenvalue weighted by atomic mass is 32.2. The Morgan fingerprint density at radius 3 is 2.65 bits per heavy atom. The maximum absolute atomic E-state index is 11.9. The number of nitrogens with one attached hydrogen (secondary N) is 1. The lowest BCUT2D eigenvalue weighted by Crippen LogP contribution is -2.48. The number of carbonyl (C=O) groups is 1. The minimum absolute atomic E-state index is 0.0327. The van der Waals surface area contributed by atoms with Crippen LogP contribution in [0, 0.1) is 0 Å². The summed E-state index contributed by atoms with van der Waals surface area (Å²) in [6.45, 7) is 3.35. The zero-order valence-corrected chi connectivity index (χ0v) is 13.4. The van der Waals surface area contributed by atoms with Gasteiger partial charge in [-0.1, -0.05) is 6.07 Å². The van der Waals surface area contributed by atoms with Gasteiger partial charge in [0.1, 0.15) is 4.21 Å². The van der Waals surface area contributed by atoms with Crippen molar-refractivity contribution in [3.8, 4) is 0 Å². The standard InChI is InChI=1S/C12H20N2O4S2/c1-12(2,9-15)14(3)10(16)6-7-13-20(17,18)11-5-4-8-19-11/h4-5,8,13,15H,6-7,9H2,1-3H3. The first kappa shape index (κ1) is 17.1. The van der Waals surface area contributed by atoms with Crippen molar-refractivity contribution in [2.45, 2.75) is 30.0 Å². The largest absolute Gasteiger partial charge is 0.394 e. The molecule has 0 spiro atoms. The van der Waals surface area contributed by atoms with Crippen LogP contribution in [0.5, 0.6) is 0 Å². The molecule has 2 N–H and O–H groups in total. The van der Waals surface area contributed by atoms with E-state index >= 15 is 0 Å². The van der Waals surface area contributed by atoms with E-state index in [1.165, 1.54) is 11.0 Å². The number of hydrogen-bond donors (Lipinski definition) is 2. The predicted octanol–water partition coefficient (Wildman–Crippen LogP) is 0.646. The molecule has 0 unspecified atom stereocenters. The van der Waals surface area contributed by atoms with E-state index in [4.69, 9.17) is 0 Å². The Balaban J connectivity index is 2.51. The first-order valence-electron chi connectivity index (χ1n) is 6.11. The minimum atomic E-state index is -3.53. The van der Waals surface area contributed by atoms with E-state index in [0.29, 0.717) is 0 Å². The summed E-state index contributed by atoms with van der Waals surface area (Å²) in [5, 5.41) is 10.9. The molecule has 0 aliphatic rings. The summed E-state index contributed by atoms with van der Waals surface area (Å²) in [5.74, 6) is -0.224. The number of likely N-dealkylation sites (N-methyl/N-ethyl adjacent to an activating group) is 1. The summed E-state index contributed by atoms with van der Waals surface area (Å²) in [7, 11) is -1.94. The van der Waals surface area contributed by atoms with E-state index in [-0.39, 0.29) is 29.7 Å². The Kier molecular flexibility index (Phi) is 5.69. The van der Waals surface area contributed by atoms with Crippen molar-refractivity contribution in [2.24, 2.45) is 0 Å². The van der Waals surface area contributed by atoms with Crippen LogP contribution < -0.4 is 4.72 Å². The quantitative estimate of drug-likeness (QED) is 0.772. The van der Waals surface area contributed by atoms with Crippen molar-refractivity contribution in [1.82, 2.24) is 9.62 Å². The lowest BCUT2D eigenvalue weighted by atomic mass is 10.0. The molecule has 0 radical (unpaired) electrons. The number of carbonyl (C=O) groups excluding carboxylic acids is 1. The summed E-state index contributed by atoms with van der Waals surface area (Å²) in [6.07, 6.45) is 0.0462. The fourth-order valence-corrected chi connectivity index (χ4v) is 3.46. The van der Waals surface area contributed by atoms with Crippen molar-refractivity contribution < 1.29 is 18.3 Å². The second-order valence-corrected chi connectivity index (χ2v) is 7.94. The predicted molar refractivity (Wildman–Crippen MR) is 78.1 cm³/mol. The van der Waals surface area contributed by atoms with Crippen LogP contribution in [-0.4, -0.2) is 50.1 Å². The molecule has 0 aliphatic heterocycles. The number of amides is 1. The molecule has 0 saturated carbocycles. The summed E-state index contributed by atoms with van der Waals surface area (Å²) in [4.78, 5) is 13.3. The van der Waals surface area contributed by atoms with Crippen LogP contribution in [0.4, 0.5) is 0 Å². The molecule has 1 aromatic rings. The first-order valence-corrected chi connectivity index (χ1v) is 8.48. The Hall–Kier alpha value is -0.960. The lowest BCUT2D eigenvalue weighted by molar-refractivity contribution is -0.135. The van der Waals surface area contributed by atoms with Crippen molar-refractivity contribution in [3.05, 3.63) is 17.5 Å². The molecule has 1 amide bonds. The second kappa shape index (κ2) is 6.66. The van der Waals surface area contributed by atoms with Crippen molar-refractivity contribution in [2.75, 3.05) is 20.2 Å². The van der Waals surface area contributed by atoms with Gasteiger partial charge in [0.05, 0.1) is 12.1 Å². The third kappa shape index (κ3) is 4.27. The van der Waals surface area contributed by atoms with Gasteiger partial charge in [0.15, 0.2) is 0 Å². The van der Waals surface area contributed by atoms with Gasteiger partial charge in [-0.15, -0.1) is 11.3 Å². The number of sulfonamides is 1. The van der Waals surface area contributed by atoms with Crippen LogP contribution in [0.2, 0.25) is 0 Å². The van der Waals surface area contributed by atoms with E-state index in [0.717, 1.165) is 11.3 Å². The third-order valence-corrected chi connectivity index (χ3v) is 5.92. The molecule has 114 valence electrons. The maximum Gasteiger partial charge on any atom is 0.250 e. The zero-order chi connectivity index (χ0) is 15.4. The molecule has 0 atom stereocenters. The molecule has 6 nitrogen and oxygen atoms in total. The summed E-state index contributed by atoms with van der Waals surface area (Å²) < 4.78 is 26.3. The van der Waals surface area contributed by atoms with E-state index in [2.05, 4.69) is 4.72 Å². The van der Waals surface area contributed by atoms with E-state index < -0.39 is 15.6 Å². The van der Waals surface area contributed by atoms with Gasteiger partial charge in [-0.3, -0.25) is 4.79 Å². The van der Waals surface area contributed by atoms with Gasteiger partial charge in [0.2, 0.25) is 15.9 Å². The normalized spacial score (nSPS) is 12.4. The molecule has 0 aliphatic carbocycles. The average Bonchev–Trinajstić information content (AvgIpc) is 2.92. The summed E-state index contributed by atoms with van der Waals surface area (Å²) in [5.41, 5.74) is -0.663. The average molecular weight is 320 g/mol. The smallest absolute Gasteiger partial charge is 0.250 e. The molecule has 0 bridgehead atoms. The molecular formula is C12H20N2O4S2. The Bertz CT molecular complexity index is 538. The van der Waals surface area contributed by atoms with Gasteiger partial charge in [0.25, 0.3) is 0 Å². The minimum Gasteiger partial charge on any atom is -0.394 e. The van der Waals surface area contributed by atoms with Crippen molar-refractivity contribution in [3.63, 3.8) is 0 Å². The van der Waals surface area contributed by atoms with Crippen LogP contribution in [-0.2, 0) is 14.8 Å². The summed E-state index contributed by atoms with van der Waals surface area (Å²) in [6, 6.07) is 3.16. The topological polar surface area (TPSA) is 86.7 Å². The highest BCUT2D eigenvalue weighted by molar-refractivity contribution is 7.91. The van der Waals surface area contributed by atoms with E-state index in [1.807, 2.05) is 0 Å². The van der Waals surface area contributed by atoms with Gasteiger partial charge in [-0.25, -0.2) is 13.1 Å². The first-order chi connectivity index (χ1) is 9.20. The molecule has 0 fully saturated rings. The fourth-order valence-electron chi connectivity index (χ4n) is 1.39. The van der Waals surface area contributed by atoms with Gasteiger partial charge < -0.3 is 10.0 Å². The zero-order valence-electron chi connectivity index (χ0n) is 11.8. The van der Waals surface area contributed by atoms with Crippen molar-refractivity contribution >= 4 is 27.3 Å². The SMILES string of the molecule is CN(C(=O)CCNS(=O)(=O)c1cccs1)C(C)(C)CO. The van der Waals surface area contributed by atoms with Crippen LogP contribution in [0.15, 0.2) is 21.7 Å². The molecule has 20 heavy (non-hydrogen) atoms. The highest BCUT2D eigenvalue weighted by Crippen LogP contribution is 2.15. The number of aliphatic hydroxyl groups excluding tert-OH is 1. The van der Waals surface area contributed by atoms with E-state index in [1.54, 1.807) is 32.3 Å². The van der Waals surface area contributed by atoms with Gasteiger partial charge in [-0.2, -0.15) is 0 Å². The van der Waals surface area contributed by atoms with E-state index in [9.17, 15) is 18.3 Å². The molecule has 1 heterocycles. The van der Waals surface area contributed by atoms with Crippen LogP contribution >= 0.6 is 11.3 Å². The monoisotopic (exact) mass is 320 g/mol. The second-order valence-electron chi connectivity index (χ2n) is 5.00. The van der Waals surface area contributed by atoms with Crippen LogP contribution in [0.3, 0.4) is 0 Å². The van der Waals surface area contributed by atoms with Crippen molar-refractivity contribution in [1.29, 1.82) is 0 Å². The molecule has 1 aromatic heterocycles. The van der Waals surface area contributed by atoms with Gasteiger partial charge >= 0.3 is 0 Å². The number of rotatable bonds is 7. The summed E-state index contributed by atoms with van der Waals surface area (Å²) >= 11 is 1.12. The molecule has 8 heteroatoms. The molecule has 0 saturated heterocycles. The molecule has 0 aromatic carbocycles. The van der Waals surface area contributed by atoms with Gasteiger partial charge in [-0.05, 0) is 25.3 Å². The Morgan fingerprint density at radius 1 is 1.50 bits per heavy atom. The molecule has 1 rings (SSSR count). The number of thiophene rings is 1. The fraction of sp³-hybridized carbons (Fsp3) is 0.583. The van der Waals surface area contributed by atoms with Crippen LogP contribution in [0.1, 0.15) is 20.3 Å². The van der Waals surface area contributed by atoms with Crippen LogP contribution in [0.25, 0.3) is 0 Å². The number of aliphatic hydroxyl groups is 1.